The molecule has 0 rings (SSSR count). The van der Waals surface area contributed by atoms with E-state index in [1.165, 1.54) is 27.6 Å². The summed E-state index contributed by atoms with van der Waals surface area (Å²) in [4.78, 5) is 11.7. The highest BCUT2D eigenvalue weighted by Crippen LogP contribution is 2.15. The number of rotatable bonds is 9. The second kappa shape index (κ2) is 8.91. The van der Waals surface area contributed by atoms with Crippen LogP contribution in [0.5, 0.6) is 0 Å². The molecule has 0 aromatic rings. The van der Waals surface area contributed by atoms with E-state index in [0.717, 1.165) is 0 Å². The number of carbonyl (C=O) groups excluding carboxylic acids is 1. The molecule has 0 saturated heterocycles. The molecule has 0 bridgehead atoms. The van der Waals surface area contributed by atoms with E-state index in [9.17, 15) is 4.79 Å². The van der Waals surface area contributed by atoms with Gasteiger partial charge in [-0.1, -0.05) is 13.5 Å². The van der Waals surface area contributed by atoms with Gasteiger partial charge in [-0.3, -0.25) is 0 Å². The van der Waals surface area contributed by atoms with E-state index in [-0.39, 0.29) is 0 Å². The van der Waals surface area contributed by atoms with Crippen LogP contribution in [0.2, 0.25) is 0 Å². The largest absolute Gasteiger partial charge is 0.523 e. The van der Waals surface area contributed by atoms with E-state index < -0.39 is 26.9 Å². The second-order valence-electron chi connectivity index (χ2n) is 3.60. The van der Waals surface area contributed by atoms with Crippen LogP contribution < -0.4 is 5.32 Å². The van der Waals surface area contributed by atoms with Crippen LogP contribution in [0.25, 0.3) is 0 Å². The molecule has 0 aliphatic rings. The van der Waals surface area contributed by atoms with Gasteiger partial charge < -0.3 is 28.1 Å². The molecule has 1 N–H and O–H groups in total. The van der Waals surface area contributed by atoms with Gasteiger partial charge in [-0.15, -0.1) is 0 Å². The molecule has 8 heteroatoms. The average molecular weight is 293 g/mol. The summed E-state index contributed by atoms with van der Waals surface area (Å²) >= 11 is 0. The number of amides is 1. The smallest absolute Gasteiger partial charge is 0.463 e. The third-order valence-electron chi connectivity index (χ3n) is 2.54. The SMILES string of the molecule is C=COC(C)OC(=O)NC(CC)[Si](OC)(OC)OC. The molecule has 0 spiro atoms. The van der Waals surface area contributed by atoms with Gasteiger partial charge in [-0.25, -0.2) is 4.79 Å². The van der Waals surface area contributed by atoms with Crippen molar-refractivity contribution in [2.45, 2.75) is 32.2 Å². The Labute approximate surface area is 115 Å². The van der Waals surface area contributed by atoms with Gasteiger partial charge in [-0.05, 0) is 6.42 Å². The van der Waals surface area contributed by atoms with E-state index in [1.54, 1.807) is 6.92 Å². The zero-order valence-electron chi connectivity index (χ0n) is 12.1. The number of alkyl carbamates (subject to hydrolysis) is 1. The summed E-state index contributed by atoms with van der Waals surface area (Å²) in [5.74, 6) is 0. The first-order chi connectivity index (χ1) is 8.99. The number of hydrogen-bond donors (Lipinski definition) is 1. The fraction of sp³-hybridized carbons (Fsp3) is 0.727. The van der Waals surface area contributed by atoms with E-state index in [0.29, 0.717) is 6.42 Å². The molecule has 19 heavy (non-hydrogen) atoms. The van der Waals surface area contributed by atoms with Gasteiger partial charge in [-0.2, -0.15) is 0 Å². The minimum atomic E-state index is -2.95. The molecule has 2 atom stereocenters. The summed E-state index contributed by atoms with van der Waals surface area (Å²) in [6.07, 6.45) is 0.421. The van der Waals surface area contributed by atoms with Crippen LogP contribution >= 0.6 is 0 Å². The third-order valence-corrected chi connectivity index (χ3v) is 5.65. The Balaban J connectivity index is 4.62. The Morgan fingerprint density at radius 2 is 1.84 bits per heavy atom. The van der Waals surface area contributed by atoms with Crippen molar-refractivity contribution in [2.75, 3.05) is 21.3 Å². The Hall–Kier alpha value is -1.09. The normalized spacial score (nSPS) is 14.4. The highest BCUT2D eigenvalue weighted by Gasteiger charge is 2.47. The molecular formula is C11H23NO6Si. The molecule has 0 saturated carbocycles. The molecule has 112 valence electrons. The Morgan fingerprint density at radius 3 is 2.21 bits per heavy atom. The fourth-order valence-electron chi connectivity index (χ4n) is 1.61. The molecule has 2 unspecified atom stereocenters. The van der Waals surface area contributed by atoms with Gasteiger partial charge in [0.15, 0.2) is 0 Å². The average Bonchev–Trinajstić information content (AvgIpc) is 2.40. The highest BCUT2D eigenvalue weighted by molar-refractivity contribution is 6.62. The second-order valence-corrected chi connectivity index (χ2v) is 6.73. The monoisotopic (exact) mass is 293 g/mol. The Kier molecular flexibility index (Phi) is 8.40. The number of hydrogen-bond acceptors (Lipinski definition) is 6. The first-order valence-electron chi connectivity index (χ1n) is 5.88. The van der Waals surface area contributed by atoms with E-state index in [4.69, 9.17) is 22.8 Å². The summed E-state index contributed by atoms with van der Waals surface area (Å²) < 4.78 is 25.8. The lowest BCUT2D eigenvalue weighted by Crippen LogP contribution is -2.61. The maximum Gasteiger partial charge on any atom is 0.523 e. The van der Waals surface area contributed by atoms with Crippen molar-refractivity contribution < 1.29 is 27.5 Å². The number of carbonyl (C=O) groups is 1. The molecule has 0 aliphatic heterocycles. The van der Waals surface area contributed by atoms with Crippen molar-refractivity contribution in [3.8, 4) is 0 Å². The van der Waals surface area contributed by atoms with E-state index in [1.807, 2.05) is 6.92 Å². The summed E-state index contributed by atoms with van der Waals surface area (Å²) in [5.41, 5.74) is -0.407. The maximum absolute atomic E-state index is 11.7. The van der Waals surface area contributed by atoms with Crippen LogP contribution in [0.3, 0.4) is 0 Å². The van der Waals surface area contributed by atoms with Gasteiger partial charge in [0.25, 0.3) is 0 Å². The quantitative estimate of drug-likeness (QED) is 0.393. The molecule has 0 aromatic carbocycles. The fourth-order valence-corrected chi connectivity index (χ4v) is 3.76. The molecule has 0 heterocycles. The van der Waals surface area contributed by atoms with E-state index in [2.05, 4.69) is 11.9 Å². The van der Waals surface area contributed by atoms with Crippen molar-refractivity contribution in [1.82, 2.24) is 5.32 Å². The lowest BCUT2D eigenvalue weighted by molar-refractivity contribution is -0.0479. The lowest BCUT2D eigenvalue weighted by Gasteiger charge is -2.32. The predicted octanol–water partition coefficient (Wildman–Crippen LogP) is 1.41. The third kappa shape index (κ3) is 5.19. The molecule has 1 amide bonds. The van der Waals surface area contributed by atoms with Crippen LogP contribution in [-0.4, -0.2) is 48.2 Å². The highest BCUT2D eigenvalue weighted by atomic mass is 28.4. The van der Waals surface area contributed by atoms with Crippen molar-refractivity contribution in [3.63, 3.8) is 0 Å². The summed E-state index contributed by atoms with van der Waals surface area (Å²) in [6.45, 7) is 6.84. The number of nitrogens with one attached hydrogen (secondary N) is 1. The van der Waals surface area contributed by atoms with Gasteiger partial charge in [0.2, 0.25) is 6.29 Å². The summed E-state index contributed by atoms with van der Waals surface area (Å²) in [5, 5.41) is 2.66. The topological polar surface area (TPSA) is 75.3 Å². The molecular weight excluding hydrogens is 270 g/mol. The van der Waals surface area contributed by atoms with Gasteiger partial charge in [0.05, 0.1) is 6.26 Å². The zero-order valence-corrected chi connectivity index (χ0v) is 13.1. The van der Waals surface area contributed by atoms with Crippen molar-refractivity contribution in [1.29, 1.82) is 0 Å². The van der Waals surface area contributed by atoms with Crippen LogP contribution in [0, 0.1) is 0 Å². The Morgan fingerprint density at radius 1 is 1.32 bits per heavy atom. The maximum atomic E-state index is 11.7. The first kappa shape index (κ1) is 17.9. The van der Waals surface area contributed by atoms with Crippen molar-refractivity contribution in [3.05, 3.63) is 12.8 Å². The first-order valence-corrected chi connectivity index (χ1v) is 7.68. The summed E-state index contributed by atoms with van der Waals surface area (Å²) in [7, 11) is 1.50. The predicted molar refractivity (Wildman–Crippen MR) is 71.2 cm³/mol. The molecule has 0 fully saturated rings. The molecule has 7 nitrogen and oxygen atoms in total. The summed E-state index contributed by atoms with van der Waals surface area (Å²) in [6, 6.07) is 0. The standard InChI is InChI=1S/C11H23NO6Si/c1-7-10(19(14-4,15-5)16-6)12-11(13)18-9(3)17-8-2/h8-10H,2,7H2,1,3-6H3,(H,12,13). The van der Waals surface area contributed by atoms with Crippen LogP contribution in [0.1, 0.15) is 20.3 Å². The number of ether oxygens (including phenoxy) is 2. The van der Waals surface area contributed by atoms with Crippen molar-refractivity contribution >= 4 is 14.9 Å². The van der Waals surface area contributed by atoms with Crippen LogP contribution in [0.4, 0.5) is 4.79 Å². The van der Waals surface area contributed by atoms with Gasteiger partial charge in [0.1, 0.15) is 5.67 Å². The lowest BCUT2D eigenvalue weighted by atomic mass is 10.5. The molecule has 0 aromatic heterocycles. The van der Waals surface area contributed by atoms with Gasteiger partial charge in [0, 0.05) is 28.3 Å². The van der Waals surface area contributed by atoms with Gasteiger partial charge >= 0.3 is 14.9 Å². The molecule has 0 aliphatic carbocycles. The van der Waals surface area contributed by atoms with Crippen LogP contribution in [-0.2, 0) is 22.8 Å². The molecule has 0 radical (unpaired) electrons. The minimum absolute atomic E-state index is 0.407. The minimum Gasteiger partial charge on any atom is -0.463 e. The van der Waals surface area contributed by atoms with Crippen LogP contribution in [0.15, 0.2) is 12.8 Å². The Bertz CT molecular complexity index is 276. The van der Waals surface area contributed by atoms with Crippen molar-refractivity contribution in [2.24, 2.45) is 0 Å². The zero-order chi connectivity index (χ0) is 14.9. The van der Waals surface area contributed by atoms with E-state index >= 15 is 0 Å².